The molecule has 0 bridgehead atoms. The molecule has 0 aliphatic heterocycles. The summed E-state index contributed by atoms with van der Waals surface area (Å²) in [5, 5.41) is -0.386. The smallest absolute Gasteiger partial charge is 0.265 e. The second-order valence-corrected chi connectivity index (χ2v) is 4.18. The summed E-state index contributed by atoms with van der Waals surface area (Å²) in [5.74, 6) is 0.00249. The van der Waals surface area contributed by atoms with Crippen LogP contribution in [0.25, 0.3) is 0 Å². The molecule has 0 aromatic carbocycles. The second-order valence-electron chi connectivity index (χ2n) is 1.58. The molecule has 10 heavy (non-hydrogen) atoms. The van der Waals surface area contributed by atoms with E-state index < -0.39 is 10.1 Å². The third-order valence-electron chi connectivity index (χ3n) is 0.614. The molecule has 0 saturated carbocycles. The summed E-state index contributed by atoms with van der Waals surface area (Å²) in [7, 11) is -3.86. The van der Waals surface area contributed by atoms with E-state index in [1.165, 1.54) is 0 Å². The van der Waals surface area contributed by atoms with Gasteiger partial charge in [-0.15, -0.1) is 0 Å². The number of thiol groups is 2. The third kappa shape index (κ3) is 10.2. The van der Waals surface area contributed by atoms with Gasteiger partial charge in [-0.25, -0.2) is 0 Å². The molecule has 0 aromatic rings. The molecule has 0 spiro atoms. The number of hydrogen-bond acceptors (Lipinski definition) is 4. The van der Waals surface area contributed by atoms with Crippen LogP contribution >= 0.6 is 25.3 Å². The van der Waals surface area contributed by atoms with Crippen molar-refractivity contribution in [2.45, 2.75) is 5.25 Å². The van der Waals surface area contributed by atoms with Crippen LogP contribution in [0, 0.1) is 0 Å². The summed E-state index contributed by atoms with van der Waals surface area (Å²) < 4.78 is 28.4. The summed E-state index contributed by atoms with van der Waals surface area (Å²) in [6.07, 6.45) is 0. The predicted octanol–water partition coefficient (Wildman–Crippen LogP) is -0.278. The van der Waals surface area contributed by atoms with Crippen LogP contribution in [0.2, 0.25) is 0 Å². The van der Waals surface area contributed by atoms with Crippen LogP contribution in [0.4, 0.5) is 0 Å². The molecule has 0 fully saturated rings. The maximum Gasteiger partial charge on any atom is 0.265 e. The van der Waals surface area contributed by atoms with E-state index >= 15 is 0 Å². The Balaban J connectivity index is 0. The van der Waals surface area contributed by atoms with Crippen molar-refractivity contribution >= 4 is 86.8 Å². The van der Waals surface area contributed by atoms with E-state index in [2.05, 4.69) is 25.3 Å². The fourth-order valence-corrected chi connectivity index (χ4v) is 1.77. The molecule has 0 rings (SSSR count). The van der Waals surface area contributed by atoms with Crippen LogP contribution in [0.3, 0.4) is 0 Å². The van der Waals surface area contributed by atoms with E-state index in [-0.39, 0.29) is 62.4 Å². The summed E-state index contributed by atoms with van der Waals surface area (Å²) in [5.41, 5.74) is 0. The minimum Gasteiger partial charge on any atom is -0.286 e. The molecule has 1 atom stereocenters. The molecule has 0 aromatic heterocycles. The van der Waals surface area contributed by atoms with E-state index in [9.17, 15) is 8.42 Å². The normalized spacial score (nSPS) is 13.9. The van der Waals surface area contributed by atoms with E-state index in [1.54, 1.807) is 0 Å². The molecule has 0 aliphatic rings. The molecule has 3 nitrogen and oxygen atoms in total. The van der Waals surface area contributed by atoms with Gasteiger partial charge in [-0.3, -0.25) is 4.55 Å². The quantitative estimate of drug-likeness (QED) is 0.353. The van der Waals surface area contributed by atoms with Gasteiger partial charge in [0.2, 0.25) is 0 Å². The van der Waals surface area contributed by atoms with Crippen LogP contribution in [-0.4, -0.2) is 81.1 Å². The van der Waals surface area contributed by atoms with Gasteiger partial charge >= 0.3 is 0 Å². The second kappa shape index (κ2) is 6.73. The zero-order chi connectivity index (χ0) is 7.49. The Bertz CT molecular complexity index is 166. The third-order valence-corrected chi connectivity index (χ3v) is 2.78. The van der Waals surface area contributed by atoms with Crippen LogP contribution in [-0.2, 0) is 10.1 Å². The number of hydrogen-bond donors (Lipinski definition) is 3. The molecule has 1 radical (unpaired) electrons. The van der Waals surface area contributed by atoms with Crippen LogP contribution in [0.1, 0.15) is 0 Å². The maximum absolute atomic E-state index is 10.1. The van der Waals surface area contributed by atoms with Crippen LogP contribution < -0.4 is 0 Å². The molecule has 1 unspecified atom stereocenters. The average molecular weight is 227 g/mol. The Labute approximate surface area is 114 Å². The molecule has 7 heteroatoms. The summed E-state index contributed by atoms with van der Waals surface area (Å²) in [6.45, 7) is 0. The molecule has 0 saturated heterocycles. The standard InChI is InChI=1S/C3H8O3S3.K/c4-9(5,6)2-3(8)1-7;/h3,7-8H,1-2H2,(H,4,5,6);. The Morgan fingerprint density at radius 3 is 2.00 bits per heavy atom. The zero-order valence-corrected chi connectivity index (χ0v) is 11.3. The Kier molecular flexibility index (Phi) is 9.93. The SMILES string of the molecule is O=S(=O)(O)CC(S)CS.[K]. The number of rotatable bonds is 3. The van der Waals surface area contributed by atoms with Gasteiger partial charge in [-0.05, 0) is 0 Å². The van der Waals surface area contributed by atoms with Gasteiger partial charge in [0.1, 0.15) is 0 Å². The monoisotopic (exact) mass is 227 g/mol. The van der Waals surface area contributed by atoms with Crippen molar-refractivity contribution in [1.29, 1.82) is 0 Å². The summed E-state index contributed by atoms with van der Waals surface area (Å²) >= 11 is 7.58. The van der Waals surface area contributed by atoms with E-state index in [0.29, 0.717) is 5.75 Å². The minimum absolute atomic E-state index is 0. The van der Waals surface area contributed by atoms with Crippen molar-refractivity contribution in [3.63, 3.8) is 0 Å². The van der Waals surface area contributed by atoms with Crippen molar-refractivity contribution in [1.82, 2.24) is 0 Å². The molecule has 57 valence electrons. The molecule has 1 N–H and O–H groups in total. The van der Waals surface area contributed by atoms with Gasteiger partial charge in [0, 0.05) is 62.4 Å². The first kappa shape index (κ1) is 14.8. The van der Waals surface area contributed by atoms with E-state index in [4.69, 9.17) is 4.55 Å². The van der Waals surface area contributed by atoms with Crippen molar-refractivity contribution in [3.8, 4) is 0 Å². The summed E-state index contributed by atoms with van der Waals surface area (Å²) in [6, 6.07) is 0. The molecular formula is C3H8KO3S3. The first-order valence-corrected chi connectivity index (χ1v) is 4.95. The fourth-order valence-electron chi connectivity index (χ4n) is 0.296. The Morgan fingerprint density at radius 2 is 1.90 bits per heavy atom. The topological polar surface area (TPSA) is 54.4 Å². The van der Waals surface area contributed by atoms with Gasteiger partial charge in [0.25, 0.3) is 10.1 Å². The van der Waals surface area contributed by atoms with Gasteiger partial charge in [0.05, 0.1) is 5.75 Å². The average Bonchev–Trinajstić information content (AvgIpc) is 1.62. The van der Waals surface area contributed by atoms with E-state index in [0.717, 1.165) is 0 Å². The van der Waals surface area contributed by atoms with E-state index in [1.807, 2.05) is 0 Å². The maximum atomic E-state index is 10.1. The van der Waals surface area contributed by atoms with Crippen LogP contribution in [0.5, 0.6) is 0 Å². The van der Waals surface area contributed by atoms with Crippen LogP contribution in [0.15, 0.2) is 0 Å². The van der Waals surface area contributed by atoms with Crippen molar-refractivity contribution in [2.75, 3.05) is 11.5 Å². The van der Waals surface area contributed by atoms with Crippen molar-refractivity contribution in [3.05, 3.63) is 0 Å². The van der Waals surface area contributed by atoms with Gasteiger partial charge in [0.15, 0.2) is 0 Å². The molecular weight excluding hydrogens is 219 g/mol. The van der Waals surface area contributed by atoms with Gasteiger partial charge in [-0.1, -0.05) is 0 Å². The predicted molar refractivity (Wildman–Crippen MR) is 48.8 cm³/mol. The summed E-state index contributed by atoms with van der Waals surface area (Å²) in [4.78, 5) is 0. The fraction of sp³-hybridized carbons (Fsp3) is 1.00. The Hall–Kier alpha value is 2.25. The first-order valence-electron chi connectivity index (χ1n) is 2.20. The minimum atomic E-state index is -3.86. The molecule has 0 aliphatic carbocycles. The molecule has 0 amide bonds. The first-order chi connectivity index (χ1) is 3.95. The molecule has 0 heterocycles. The van der Waals surface area contributed by atoms with Crippen molar-refractivity contribution in [2.24, 2.45) is 0 Å². The van der Waals surface area contributed by atoms with Gasteiger partial charge in [-0.2, -0.15) is 33.7 Å². The van der Waals surface area contributed by atoms with Crippen molar-refractivity contribution < 1.29 is 13.0 Å². The Morgan fingerprint density at radius 1 is 1.50 bits per heavy atom. The largest absolute Gasteiger partial charge is 0.286 e. The zero-order valence-electron chi connectivity index (χ0n) is 5.56. The van der Waals surface area contributed by atoms with Gasteiger partial charge < -0.3 is 0 Å².